The number of aliphatic hydroxyl groups is 1. The molecule has 34 heavy (non-hydrogen) atoms. The van der Waals surface area contributed by atoms with Gasteiger partial charge in [0.15, 0.2) is 17.7 Å². The number of aromatic nitrogens is 4. The highest BCUT2D eigenvalue weighted by Gasteiger charge is 2.61. The number of aliphatic hydroxyl groups excluding tert-OH is 1. The van der Waals surface area contributed by atoms with Crippen LogP contribution in [0.15, 0.2) is 12.7 Å². The summed E-state index contributed by atoms with van der Waals surface area (Å²) in [6, 6.07) is 0. The summed E-state index contributed by atoms with van der Waals surface area (Å²) in [5.41, 5.74) is 7.73. The molecule has 0 aliphatic carbocycles. The van der Waals surface area contributed by atoms with Crippen molar-refractivity contribution in [3.63, 3.8) is 0 Å². The van der Waals surface area contributed by atoms with E-state index in [1.807, 2.05) is 0 Å². The van der Waals surface area contributed by atoms with Crippen LogP contribution in [0.2, 0.25) is 22.2 Å². The van der Waals surface area contributed by atoms with Crippen molar-refractivity contribution in [3.05, 3.63) is 12.7 Å². The molecule has 0 aromatic carbocycles. The topological polar surface area (TPSA) is 127 Å². The van der Waals surface area contributed by atoms with Gasteiger partial charge in [0, 0.05) is 0 Å². The fourth-order valence-corrected chi connectivity index (χ4v) is 16.6. The molecular weight excluding hydrogens is 470 g/mol. The molecule has 0 amide bonds. The maximum absolute atomic E-state index is 11.5. The molecule has 2 aromatic heterocycles. The highest BCUT2D eigenvalue weighted by molar-refractivity contribution is 6.83. The number of fused-ring (bicyclic) bond motifs is 2. The Hall–Kier alpha value is -1.42. The van der Waals surface area contributed by atoms with E-state index in [1.165, 1.54) is 6.33 Å². The molecule has 0 bridgehead atoms. The first kappa shape index (κ1) is 25.7. The molecule has 2 aliphatic rings. The monoisotopic (exact) mass is 509 g/mol. The van der Waals surface area contributed by atoms with Crippen molar-refractivity contribution in [1.29, 1.82) is 0 Å². The Balaban J connectivity index is 1.77. The summed E-state index contributed by atoms with van der Waals surface area (Å²) in [4.78, 5) is 12.7. The highest BCUT2D eigenvalue weighted by Crippen LogP contribution is 2.48. The fraction of sp³-hybridized carbons (Fsp3) is 0.773. The second-order valence-electron chi connectivity index (χ2n) is 10.7. The molecule has 2 aliphatic heterocycles. The number of nitrogen functional groups attached to an aromatic ring is 1. The Morgan fingerprint density at radius 2 is 1.59 bits per heavy atom. The minimum Gasteiger partial charge on any atom is -0.414 e. The summed E-state index contributed by atoms with van der Waals surface area (Å²) < 4.78 is 29.0. The number of nitrogens with zero attached hydrogens (tertiary/aromatic N) is 4. The van der Waals surface area contributed by atoms with Gasteiger partial charge in [-0.15, -0.1) is 0 Å². The summed E-state index contributed by atoms with van der Waals surface area (Å²) in [5, 5.41) is 11.5. The number of rotatable bonds is 5. The van der Waals surface area contributed by atoms with E-state index in [-0.39, 0.29) is 28.0 Å². The van der Waals surface area contributed by atoms with E-state index >= 15 is 0 Å². The average molecular weight is 510 g/mol. The Labute approximate surface area is 203 Å². The molecule has 10 nitrogen and oxygen atoms in total. The van der Waals surface area contributed by atoms with Crippen LogP contribution in [0.1, 0.15) is 61.6 Å². The van der Waals surface area contributed by atoms with Gasteiger partial charge in [-0.2, -0.15) is 0 Å². The highest BCUT2D eigenvalue weighted by atomic mass is 28.5. The van der Waals surface area contributed by atoms with Crippen LogP contribution in [0.5, 0.6) is 0 Å². The maximum Gasteiger partial charge on any atom is 0.335 e. The number of ether oxygens (including phenoxy) is 1. The predicted octanol–water partition coefficient (Wildman–Crippen LogP) is 3.62. The summed E-state index contributed by atoms with van der Waals surface area (Å²) in [6.07, 6.45) is 0.225. The van der Waals surface area contributed by atoms with Gasteiger partial charge in [0.05, 0.1) is 12.9 Å². The van der Waals surface area contributed by atoms with E-state index in [0.717, 1.165) is 0 Å². The summed E-state index contributed by atoms with van der Waals surface area (Å²) in [5.74, 6) is 0.283. The average Bonchev–Trinajstić information content (AvgIpc) is 3.29. The smallest absolute Gasteiger partial charge is 0.335 e. The molecular formula is C22H39N5O5Si2. The van der Waals surface area contributed by atoms with Gasteiger partial charge in [-0.25, -0.2) is 15.0 Å². The quantitative estimate of drug-likeness (QED) is 0.581. The molecule has 2 aromatic rings. The second-order valence-corrected chi connectivity index (χ2v) is 19.5. The molecule has 4 rings (SSSR count). The summed E-state index contributed by atoms with van der Waals surface area (Å²) in [6.45, 7) is 17.7. The third-order valence-corrected chi connectivity index (χ3v) is 17.6. The van der Waals surface area contributed by atoms with Crippen LogP contribution >= 0.6 is 0 Å². The predicted molar refractivity (Wildman–Crippen MR) is 133 cm³/mol. The molecule has 0 spiro atoms. The molecule has 4 heterocycles. The second kappa shape index (κ2) is 9.23. The van der Waals surface area contributed by atoms with Gasteiger partial charge in [0.2, 0.25) is 0 Å². The third-order valence-electron chi connectivity index (χ3n) is 7.30. The van der Waals surface area contributed by atoms with Crippen LogP contribution in [0.25, 0.3) is 11.2 Å². The number of hydrogen-bond acceptors (Lipinski definition) is 9. The lowest BCUT2D eigenvalue weighted by Crippen LogP contribution is -2.65. The molecule has 2 fully saturated rings. The van der Waals surface area contributed by atoms with Crippen LogP contribution in [0.4, 0.5) is 5.82 Å². The number of imidazole rings is 1. The van der Waals surface area contributed by atoms with Crippen molar-refractivity contribution in [3.8, 4) is 0 Å². The lowest BCUT2D eigenvalue weighted by molar-refractivity contribution is -0.0570. The van der Waals surface area contributed by atoms with Crippen LogP contribution in [0.3, 0.4) is 0 Å². The Bertz CT molecular complexity index is 1000. The van der Waals surface area contributed by atoms with Crippen molar-refractivity contribution < 1.29 is 22.8 Å². The van der Waals surface area contributed by atoms with Crippen molar-refractivity contribution in [2.24, 2.45) is 0 Å². The zero-order valence-corrected chi connectivity index (χ0v) is 23.4. The molecule has 2 saturated heterocycles. The van der Waals surface area contributed by atoms with Gasteiger partial charge in [0.1, 0.15) is 30.2 Å². The van der Waals surface area contributed by atoms with Gasteiger partial charge in [0.25, 0.3) is 0 Å². The Morgan fingerprint density at radius 3 is 2.18 bits per heavy atom. The van der Waals surface area contributed by atoms with Crippen molar-refractivity contribution in [1.82, 2.24) is 19.5 Å². The zero-order valence-electron chi connectivity index (χ0n) is 21.4. The van der Waals surface area contributed by atoms with Gasteiger partial charge >= 0.3 is 17.1 Å². The van der Waals surface area contributed by atoms with Crippen molar-refractivity contribution in [2.75, 3.05) is 12.3 Å². The van der Waals surface area contributed by atoms with Gasteiger partial charge in [-0.3, -0.25) is 4.57 Å². The third kappa shape index (κ3) is 3.92. The fourth-order valence-electron chi connectivity index (χ4n) is 5.42. The SMILES string of the molecule is CC(C)[Si]1(C(C)C)OC[C@H]2OC(n3cnc4c(N)ncnc43)C(O)[C@@H]2O[Si](C(C)C)(C(C)C)O1. The molecule has 2 unspecified atom stereocenters. The van der Waals surface area contributed by atoms with E-state index in [2.05, 4.69) is 70.3 Å². The minimum atomic E-state index is -2.86. The largest absolute Gasteiger partial charge is 0.414 e. The van der Waals surface area contributed by atoms with Crippen molar-refractivity contribution in [2.45, 2.75) is 102 Å². The number of anilines is 1. The van der Waals surface area contributed by atoms with E-state index in [0.29, 0.717) is 17.8 Å². The van der Waals surface area contributed by atoms with Crippen LogP contribution in [-0.4, -0.2) is 66.7 Å². The molecule has 4 atom stereocenters. The lowest BCUT2D eigenvalue weighted by Gasteiger charge is -2.51. The first-order chi connectivity index (χ1) is 15.9. The van der Waals surface area contributed by atoms with Crippen molar-refractivity contribution >= 4 is 34.1 Å². The zero-order chi connectivity index (χ0) is 25.0. The molecule has 3 N–H and O–H groups in total. The minimum absolute atomic E-state index is 0.159. The van der Waals surface area contributed by atoms with Gasteiger partial charge < -0.3 is 28.5 Å². The number of nitrogens with two attached hydrogens (primary N) is 1. The standard InChI is InChI=1S/C22H39N5O5Si2/c1-12(2)33(13(3)4)29-9-16-19(31-34(32-33,14(5)6)15(7)8)18(28)22(30-16)27-11-26-17-20(23)24-10-25-21(17)27/h10-16,18-19,22,28H,9H2,1-8H3,(H2,23,24,25)/t16-,18?,19-,22?/m1/s1. The summed E-state index contributed by atoms with van der Waals surface area (Å²) >= 11 is 0. The van der Waals surface area contributed by atoms with Crippen LogP contribution < -0.4 is 5.73 Å². The van der Waals surface area contributed by atoms with E-state index in [4.69, 9.17) is 23.4 Å². The first-order valence-electron chi connectivity index (χ1n) is 12.2. The van der Waals surface area contributed by atoms with Crippen LogP contribution in [0, 0.1) is 0 Å². The Kier molecular flexibility index (Phi) is 6.97. The van der Waals surface area contributed by atoms with E-state index in [1.54, 1.807) is 10.9 Å². The molecule has 0 radical (unpaired) electrons. The molecule has 12 heteroatoms. The Morgan fingerprint density at radius 1 is 0.971 bits per heavy atom. The van der Waals surface area contributed by atoms with Crippen LogP contribution in [-0.2, 0) is 17.7 Å². The maximum atomic E-state index is 11.5. The number of hydrogen-bond donors (Lipinski definition) is 2. The summed E-state index contributed by atoms with van der Waals surface area (Å²) in [7, 11) is -5.54. The van der Waals surface area contributed by atoms with Gasteiger partial charge in [-0.05, 0) is 22.2 Å². The lowest BCUT2D eigenvalue weighted by atomic mass is 10.1. The van der Waals surface area contributed by atoms with E-state index in [9.17, 15) is 5.11 Å². The van der Waals surface area contributed by atoms with Gasteiger partial charge in [-0.1, -0.05) is 55.4 Å². The molecule has 190 valence electrons. The normalized spacial score (nSPS) is 29.2. The van der Waals surface area contributed by atoms with E-state index < -0.39 is 41.7 Å². The first-order valence-corrected chi connectivity index (χ1v) is 16.2. The molecule has 0 saturated carbocycles.